The Hall–Kier alpha value is -0.380. The van der Waals surface area contributed by atoms with E-state index >= 15 is 0 Å². The predicted molar refractivity (Wildman–Crippen MR) is 70.5 cm³/mol. The van der Waals surface area contributed by atoms with Crippen LogP contribution in [0.15, 0.2) is 0 Å². The molecule has 0 amide bonds. The van der Waals surface area contributed by atoms with Crippen molar-refractivity contribution in [2.24, 2.45) is 0 Å². The summed E-state index contributed by atoms with van der Waals surface area (Å²) in [6.45, 7) is 5.80. The molecule has 0 saturated heterocycles. The van der Waals surface area contributed by atoms with E-state index in [4.69, 9.17) is 4.74 Å². The Morgan fingerprint density at radius 3 is 1.94 bits per heavy atom. The minimum atomic E-state index is -4.52. The molecule has 0 radical (unpaired) electrons. The Labute approximate surface area is 109 Å². The molecule has 0 heterocycles. The van der Waals surface area contributed by atoms with Gasteiger partial charge in [0.25, 0.3) is 0 Å². The van der Waals surface area contributed by atoms with E-state index in [1.807, 2.05) is 6.92 Å². The second kappa shape index (κ2) is 7.93. The number of carbonyl (C=O) groups excluding carboxylic acids is 1. The quantitative estimate of drug-likeness (QED) is 0.385. The molecule has 0 unspecified atom stereocenters. The van der Waals surface area contributed by atoms with Crippen LogP contribution < -0.4 is 0 Å². The van der Waals surface area contributed by atoms with Gasteiger partial charge in [0.05, 0.1) is 6.61 Å². The van der Waals surface area contributed by atoms with Crippen LogP contribution in [0.2, 0.25) is 0 Å². The maximum Gasteiger partial charge on any atom is 0.342 e. The van der Waals surface area contributed by atoms with Gasteiger partial charge in [0, 0.05) is 0 Å². The van der Waals surface area contributed by atoms with Crippen molar-refractivity contribution < 1.29 is 23.9 Å². The van der Waals surface area contributed by atoms with Crippen LogP contribution in [0.3, 0.4) is 0 Å². The van der Waals surface area contributed by atoms with Crippen molar-refractivity contribution in [1.29, 1.82) is 0 Å². The first-order valence-corrected chi connectivity index (χ1v) is 8.19. The van der Waals surface area contributed by atoms with Gasteiger partial charge in [-0.05, 0) is 19.3 Å². The largest absolute Gasteiger partial charge is 0.465 e. The number of hydrogen-bond donors (Lipinski definition) is 2. The Bertz CT molecular complexity index is 291. The molecule has 0 atom stereocenters. The van der Waals surface area contributed by atoms with Gasteiger partial charge in [-0.1, -0.05) is 40.0 Å². The van der Waals surface area contributed by atoms with Crippen molar-refractivity contribution in [2.75, 3.05) is 6.61 Å². The van der Waals surface area contributed by atoms with Crippen molar-refractivity contribution in [3.63, 3.8) is 0 Å². The van der Waals surface area contributed by atoms with Gasteiger partial charge >= 0.3 is 13.6 Å². The normalized spacial score (nSPS) is 12.5. The van der Waals surface area contributed by atoms with Gasteiger partial charge < -0.3 is 14.5 Å². The average Bonchev–Trinajstić information content (AvgIpc) is 2.27. The van der Waals surface area contributed by atoms with Crippen molar-refractivity contribution in [3.8, 4) is 0 Å². The Kier molecular flexibility index (Phi) is 7.76. The highest BCUT2D eigenvalue weighted by molar-refractivity contribution is 7.54. The molecule has 0 aliphatic rings. The monoisotopic (exact) mass is 280 g/mol. The fraction of sp³-hybridized carbons (Fsp3) is 0.917. The molecule has 6 heteroatoms. The van der Waals surface area contributed by atoms with Crippen LogP contribution in [0, 0.1) is 0 Å². The summed E-state index contributed by atoms with van der Waals surface area (Å²) in [6, 6.07) is 0. The van der Waals surface area contributed by atoms with E-state index in [9.17, 15) is 19.1 Å². The van der Waals surface area contributed by atoms with Crippen LogP contribution in [0.5, 0.6) is 0 Å². The zero-order chi connectivity index (χ0) is 14.2. The first-order chi connectivity index (χ1) is 8.35. The number of esters is 1. The lowest BCUT2D eigenvalue weighted by atomic mass is 9.97. The second-order valence-electron chi connectivity index (χ2n) is 4.57. The lowest BCUT2D eigenvalue weighted by Crippen LogP contribution is -2.40. The molecule has 108 valence electrons. The fourth-order valence-electron chi connectivity index (χ4n) is 2.01. The third-order valence-electron chi connectivity index (χ3n) is 3.00. The molecule has 18 heavy (non-hydrogen) atoms. The Morgan fingerprint density at radius 2 is 1.61 bits per heavy atom. The first-order valence-electron chi connectivity index (χ1n) is 6.58. The van der Waals surface area contributed by atoms with E-state index in [1.54, 1.807) is 13.8 Å². The molecule has 0 saturated carbocycles. The molecule has 0 spiro atoms. The van der Waals surface area contributed by atoms with Crippen LogP contribution in [0.1, 0.15) is 59.3 Å². The highest BCUT2D eigenvalue weighted by Crippen LogP contribution is 2.56. The molecular weight excluding hydrogens is 255 g/mol. The minimum absolute atomic E-state index is 0.163. The highest BCUT2D eigenvalue weighted by atomic mass is 31.2. The fourth-order valence-corrected chi connectivity index (χ4v) is 3.34. The SMILES string of the molecule is CCCCOC(=O)C(CCC)(CCC)P(=O)(O)O. The van der Waals surface area contributed by atoms with E-state index < -0.39 is 18.7 Å². The van der Waals surface area contributed by atoms with Gasteiger partial charge in [-0.2, -0.15) is 0 Å². The number of hydrogen-bond acceptors (Lipinski definition) is 3. The smallest absolute Gasteiger partial charge is 0.342 e. The van der Waals surface area contributed by atoms with Gasteiger partial charge in [-0.15, -0.1) is 0 Å². The second-order valence-corrected chi connectivity index (χ2v) is 6.51. The van der Waals surface area contributed by atoms with E-state index in [2.05, 4.69) is 0 Å². The van der Waals surface area contributed by atoms with Crippen LogP contribution >= 0.6 is 7.60 Å². The maximum atomic E-state index is 12.1. The van der Waals surface area contributed by atoms with Gasteiger partial charge in [0.15, 0.2) is 5.16 Å². The Balaban J connectivity index is 5.04. The van der Waals surface area contributed by atoms with Gasteiger partial charge in [-0.3, -0.25) is 9.36 Å². The van der Waals surface area contributed by atoms with Crippen molar-refractivity contribution in [3.05, 3.63) is 0 Å². The summed E-state index contributed by atoms with van der Waals surface area (Å²) in [5.41, 5.74) is 0. The van der Waals surface area contributed by atoms with Crippen LogP contribution in [-0.2, 0) is 14.1 Å². The van der Waals surface area contributed by atoms with E-state index in [-0.39, 0.29) is 19.4 Å². The molecule has 0 fully saturated rings. The molecule has 0 aromatic heterocycles. The zero-order valence-electron chi connectivity index (χ0n) is 11.5. The predicted octanol–water partition coefficient (Wildman–Crippen LogP) is 2.85. The summed E-state index contributed by atoms with van der Waals surface area (Å²) < 4.78 is 16.7. The van der Waals surface area contributed by atoms with Crippen molar-refractivity contribution in [2.45, 2.75) is 64.5 Å². The van der Waals surface area contributed by atoms with E-state index in [0.717, 1.165) is 6.42 Å². The minimum Gasteiger partial charge on any atom is -0.465 e. The summed E-state index contributed by atoms with van der Waals surface area (Å²) in [5, 5.41) is -1.65. The summed E-state index contributed by atoms with van der Waals surface area (Å²) >= 11 is 0. The summed E-state index contributed by atoms with van der Waals surface area (Å²) in [5.74, 6) is -0.743. The topological polar surface area (TPSA) is 83.8 Å². The number of carbonyl (C=O) groups is 1. The van der Waals surface area contributed by atoms with Gasteiger partial charge in [-0.25, -0.2) is 0 Å². The van der Waals surface area contributed by atoms with Crippen LogP contribution in [0.25, 0.3) is 0 Å². The maximum absolute atomic E-state index is 12.1. The molecular formula is C12H25O5P. The van der Waals surface area contributed by atoms with Gasteiger partial charge in [0.1, 0.15) is 0 Å². The lowest BCUT2D eigenvalue weighted by molar-refractivity contribution is -0.148. The highest BCUT2D eigenvalue weighted by Gasteiger charge is 2.53. The zero-order valence-corrected chi connectivity index (χ0v) is 12.4. The first kappa shape index (κ1) is 17.6. The van der Waals surface area contributed by atoms with E-state index in [0.29, 0.717) is 19.3 Å². The van der Waals surface area contributed by atoms with Crippen LogP contribution in [-0.4, -0.2) is 27.5 Å². The summed E-state index contributed by atoms with van der Waals surface area (Å²) in [4.78, 5) is 31.1. The summed E-state index contributed by atoms with van der Waals surface area (Å²) in [6.07, 6.45) is 2.98. The third kappa shape index (κ3) is 4.38. The molecule has 0 aromatic carbocycles. The molecule has 0 aromatic rings. The van der Waals surface area contributed by atoms with Crippen LogP contribution in [0.4, 0.5) is 0 Å². The average molecular weight is 280 g/mol. The standard InChI is InChI=1S/C12H25O5P/c1-4-7-10-17-11(13)12(8-5-2,9-6-3)18(14,15)16/h4-10H2,1-3H3,(H2,14,15,16). The number of ether oxygens (including phenoxy) is 1. The van der Waals surface area contributed by atoms with Gasteiger partial charge in [0.2, 0.25) is 0 Å². The molecule has 0 rings (SSSR count). The molecule has 5 nitrogen and oxygen atoms in total. The molecule has 0 aliphatic heterocycles. The number of rotatable bonds is 9. The molecule has 0 bridgehead atoms. The number of unbranched alkanes of at least 4 members (excludes halogenated alkanes) is 1. The summed E-state index contributed by atoms with van der Waals surface area (Å²) in [7, 11) is -4.52. The Morgan fingerprint density at radius 1 is 1.11 bits per heavy atom. The van der Waals surface area contributed by atoms with Crippen molar-refractivity contribution >= 4 is 13.6 Å². The lowest BCUT2D eigenvalue weighted by Gasteiger charge is -2.31. The van der Waals surface area contributed by atoms with Crippen molar-refractivity contribution in [1.82, 2.24) is 0 Å². The van der Waals surface area contributed by atoms with E-state index in [1.165, 1.54) is 0 Å². The molecule has 2 N–H and O–H groups in total. The third-order valence-corrected chi connectivity index (χ3v) is 4.74. The molecule has 0 aliphatic carbocycles.